The molecular weight excluding hydrogens is 402 g/mol. The molecule has 1 aliphatic heterocycles. The van der Waals surface area contributed by atoms with Crippen LogP contribution in [-0.2, 0) is 6.42 Å². The van der Waals surface area contributed by atoms with Crippen molar-refractivity contribution in [3.63, 3.8) is 0 Å². The molecule has 1 amide bonds. The molecule has 0 bridgehead atoms. The predicted octanol–water partition coefficient (Wildman–Crippen LogP) is 4.48. The Morgan fingerprint density at radius 1 is 1.00 bits per heavy atom. The van der Waals surface area contributed by atoms with E-state index in [9.17, 15) is 4.79 Å². The molecule has 1 aliphatic rings. The zero-order valence-corrected chi connectivity index (χ0v) is 17.6. The normalized spacial score (nSPS) is 16.1. The van der Waals surface area contributed by atoms with Gasteiger partial charge in [0.1, 0.15) is 23.8 Å². The minimum absolute atomic E-state index is 0.115. The van der Waals surface area contributed by atoms with Gasteiger partial charge in [0.05, 0.1) is 11.9 Å². The highest BCUT2D eigenvalue weighted by atomic mass is 16.4. The quantitative estimate of drug-likeness (QED) is 0.469. The second-order valence-corrected chi connectivity index (χ2v) is 7.87. The monoisotopic (exact) mass is 425 g/mol. The first-order chi connectivity index (χ1) is 15.8. The first kappa shape index (κ1) is 20.1. The Kier molecular flexibility index (Phi) is 5.70. The number of rotatable bonds is 5. The summed E-state index contributed by atoms with van der Waals surface area (Å²) in [5.41, 5.74) is 3.01. The number of carbonyl (C=O) groups is 1. The molecule has 1 fully saturated rings. The third-order valence-corrected chi connectivity index (χ3v) is 5.67. The van der Waals surface area contributed by atoms with Gasteiger partial charge in [-0.2, -0.15) is 0 Å². The molecule has 1 saturated heterocycles. The standard InChI is InChI=1S/C25H23N5O2/c31-25(22-10-6-9-21(29-22)19-14-26-17-27-15-19)30-12-5-4-11-23(30)24-28-16-20(32-24)13-18-7-2-1-3-8-18/h1-3,6-10,14-17,23H,4-5,11-13H2/t23-/m1/s1. The first-order valence-electron chi connectivity index (χ1n) is 10.8. The van der Waals surface area contributed by atoms with E-state index < -0.39 is 0 Å². The molecule has 0 unspecified atom stereocenters. The van der Waals surface area contributed by atoms with E-state index in [1.807, 2.05) is 35.2 Å². The molecule has 0 N–H and O–H groups in total. The lowest BCUT2D eigenvalue weighted by Crippen LogP contribution is -2.39. The predicted molar refractivity (Wildman–Crippen MR) is 119 cm³/mol. The highest BCUT2D eigenvalue weighted by Crippen LogP contribution is 2.32. The van der Waals surface area contributed by atoms with Gasteiger partial charge < -0.3 is 9.32 Å². The molecule has 0 spiro atoms. The summed E-state index contributed by atoms with van der Waals surface area (Å²) < 4.78 is 6.09. The van der Waals surface area contributed by atoms with Gasteiger partial charge >= 0.3 is 0 Å². The molecule has 3 aromatic heterocycles. The number of amides is 1. The Bertz CT molecular complexity index is 1190. The van der Waals surface area contributed by atoms with E-state index in [1.54, 1.807) is 24.7 Å². The lowest BCUT2D eigenvalue weighted by molar-refractivity contribution is 0.0564. The zero-order valence-electron chi connectivity index (χ0n) is 17.6. The van der Waals surface area contributed by atoms with Crippen molar-refractivity contribution >= 4 is 5.91 Å². The number of hydrogen-bond acceptors (Lipinski definition) is 6. The number of benzene rings is 1. The Labute approximate surface area is 186 Å². The second kappa shape index (κ2) is 9.09. The number of oxazole rings is 1. The van der Waals surface area contributed by atoms with Crippen molar-refractivity contribution in [2.45, 2.75) is 31.7 Å². The van der Waals surface area contributed by atoms with Crippen molar-refractivity contribution in [1.29, 1.82) is 0 Å². The summed E-state index contributed by atoms with van der Waals surface area (Å²) in [6.07, 6.45) is 10.1. The Balaban J connectivity index is 1.38. The van der Waals surface area contributed by atoms with E-state index in [0.29, 0.717) is 30.2 Å². The zero-order chi connectivity index (χ0) is 21.8. The van der Waals surface area contributed by atoms with Gasteiger partial charge in [-0.1, -0.05) is 36.4 Å². The molecule has 0 aliphatic carbocycles. The van der Waals surface area contributed by atoms with Crippen LogP contribution in [0.4, 0.5) is 0 Å². The molecule has 0 saturated carbocycles. The van der Waals surface area contributed by atoms with Crippen LogP contribution in [0.3, 0.4) is 0 Å². The summed E-state index contributed by atoms with van der Waals surface area (Å²) in [6.45, 7) is 0.653. The van der Waals surface area contributed by atoms with E-state index in [2.05, 4.69) is 32.1 Å². The second-order valence-electron chi connectivity index (χ2n) is 7.87. The number of likely N-dealkylation sites (tertiary alicyclic amines) is 1. The maximum absolute atomic E-state index is 13.4. The van der Waals surface area contributed by atoms with Gasteiger partial charge in [0.15, 0.2) is 0 Å². The molecule has 7 nitrogen and oxygen atoms in total. The number of nitrogens with zero attached hydrogens (tertiary/aromatic N) is 5. The topological polar surface area (TPSA) is 85.0 Å². The third-order valence-electron chi connectivity index (χ3n) is 5.67. The lowest BCUT2D eigenvalue weighted by Gasteiger charge is -2.33. The number of pyridine rings is 1. The largest absolute Gasteiger partial charge is 0.443 e. The molecule has 0 radical (unpaired) electrons. The molecule has 4 heterocycles. The lowest BCUT2D eigenvalue weighted by atomic mass is 10.0. The number of hydrogen-bond donors (Lipinski definition) is 0. The summed E-state index contributed by atoms with van der Waals surface area (Å²) in [5.74, 6) is 1.28. The van der Waals surface area contributed by atoms with Crippen LogP contribution < -0.4 is 0 Å². The van der Waals surface area contributed by atoms with Gasteiger partial charge in [-0.3, -0.25) is 4.79 Å². The fourth-order valence-electron chi connectivity index (χ4n) is 4.08. The van der Waals surface area contributed by atoms with Crippen molar-refractivity contribution < 1.29 is 9.21 Å². The van der Waals surface area contributed by atoms with E-state index in [4.69, 9.17) is 4.42 Å². The third kappa shape index (κ3) is 4.27. The number of carbonyl (C=O) groups excluding carboxylic acids is 1. The van der Waals surface area contributed by atoms with Gasteiger partial charge in [-0.15, -0.1) is 0 Å². The van der Waals surface area contributed by atoms with E-state index >= 15 is 0 Å². The SMILES string of the molecule is O=C(c1cccc(-c2cncnc2)n1)N1CCCC[C@@H]1c1ncc(Cc2ccccc2)o1. The van der Waals surface area contributed by atoms with Crippen LogP contribution in [0, 0.1) is 0 Å². The fraction of sp³-hybridized carbons (Fsp3) is 0.240. The van der Waals surface area contributed by atoms with Gasteiger partial charge in [0.2, 0.25) is 5.89 Å². The maximum Gasteiger partial charge on any atom is 0.273 e. The Hall–Kier alpha value is -3.87. The minimum atomic E-state index is -0.189. The number of aromatic nitrogens is 4. The molecule has 7 heteroatoms. The van der Waals surface area contributed by atoms with Gasteiger partial charge in [0.25, 0.3) is 5.91 Å². The van der Waals surface area contributed by atoms with Gasteiger partial charge in [0, 0.05) is 30.9 Å². The minimum Gasteiger partial charge on any atom is -0.443 e. The van der Waals surface area contributed by atoms with Crippen LogP contribution >= 0.6 is 0 Å². The highest BCUT2D eigenvalue weighted by molar-refractivity contribution is 5.93. The molecule has 4 aromatic rings. The van der Waals surface area contributed by atoms with E-state index in [1.165, 1.54) is 6.33 Å². The summed E-state index contributed by atoms with van der Waals surface area (Å²) in [5, 5.41) is 0. The molecule has 1 aromatic carbocycles. The molecular formula is C25H23N5O2. The summed E-state index contributed by atoms with van der Waals surface area (Å²) in [6, 6.07) is 15.4. The van der Waals surface area contributed by atoms with Gasteiger partial charge in [-0.05, 0) is 37.0 Å². The van der Waals surface area contributed by atoms with E-state index in [0.717, 1.165) is 36.1 Å². The summed E-state index contributed by atoms with van der Waals surface area (Å²) in [4.78, 5) is 32.5. The summed E-state index contributed by atoms with van der Waals surface area (Å²) in [7, 11) is 0. The maximum atomic E-state index is 13.4. The van der Waals surface area contributed by atoms with Gasteiger partial charge in [-0.25, -0.2) is 19.9 Å². The van der Waals surface area contributed by atoms with Crippen LogP contribution in [-0.4, -0.2) is 37.3 Å². The van der Waals surface area contributed by atoms with Crippen LogP contribution in [0.2, 0.25) is 0 Å². The molecule has 160 valence electrons. The smallest absolute Gasteiger partial charge is 0.273 e. The average Bonchev–Trinajstić information content (AvgIpc) is 3.33. The first-order valence-corrected chi connectivity index (χ1v) is 10.8. The number of piperidine rings is 1. The van der Waals surface area contributed by atoms with E-state index in [-0.39, 0.29) is 11.9 Å². The highest BCUT2D eigenvalue weighted by Gasteiger charge is 2.32. The Morgan fingerprint density at radius 3 is 2.69 bits per heavy atom. The van der Waals surface area contributed by atoms with Crippen LogP contribution in [0.5, 0.6) is 0 Å². The van der Waals surface area contributed by atoms with Crippen molar-refractivity contribution in [1.82, 2.24) is 24.8 Å². The van der Waals surface area contributed by atoms with Crippen LogP contribution in [0.25, 0.3) is 11.3 Å². The molecule has 1 atom stereocenters. The molecule has 32 heavy (non-hydrogen) atoms. The van der Waals surface area contributed by atoms with Crippen molar-refractivity contribution in [3.05, 3.63) is 96.4 Å². The Morgan fingerprint density at radius 2 is 1.84 bits per heavy atom. The van der Waals surface area contributed by atoms with Crippen LogP contribution in [0.1, 0.15) is 53.0 Å². The van der Waals surface area contributed by atoms with Crippen molar-refractivity contribution in [3.8, 4) is 11.3 Å². The van der Waals surface area contributed by atoms with Crippen molar-refractivity contribution in [2.24, 2.45) is 0 Å². The average molecular weight is 425 g/mol. The van der Waals surface area contributed by atoms with Crippen LogP contribution in [0.15, 0.2) is 77.9 Å². The molecule has 5 rings (SSSR count). The fourth-order valence-corrected chi connectivity index (χ4v) is 4.08. The summed E-state index contributed by atoms with van der Waals surface area (Å²) >= 11 is 0. The van der Waals surface area contributed by atoms with Crippen molar-refractivity contribution in [2.75, 3.05) is 6.54 Å².